The number of aliphatic hydroxyl groups excluding tert-OH is 3. The van der Waals surface area contributed by atoms with Gasteiger partial charge in [-0.1, -0.05) is 38.2 Å². The van der Waals surface area contributed by atoms with Crippen molar-refractivity contribution in [3.05, 3.63) is 24.3 Å². The van der Waals surface area contributed by atoms with E-state index in [9.17, 15) is 15.3 Å². The van der Waals surface area contributed by atoms with Crippen molar-refractivity contribution in [2.24, 2.45) is 40.9 Å². The Morgan fingerprint density at radius 2 is 2.00 bits per heavy atom. The van der Waals surface area contributed by atoms with Crippen LogP contribution in [-0.4, -0.2) is 34.6 Å². The molecule has 3 nitrogen and oxygen atoms in total. The SMILES string of the molecule is C=C1CCC2C1[C@H](C)CC([C@@]1(C)CC[C@H](O)C[C@@H]1C=CCO)[C@H]2CO. The summed E-state index contributed by atoms with van der Waals surface area (Å²) in [4.78, 5) is 0. The number of hydrogen-bond acceptors (Lipinski definition) is 3. The van der Waals surface area contributed by atoms with Gasteiger partial charge < -0.3 is 15.3 Å². The molecule has 0 bridgehead atoms. The Hall–Kier alpha value is -0.640. The molecule has 0 radical (unpaired) electrons. The largest absolute Gasteiger partial charge is 0.396 e. The van der Waals surface area contributed by atoms with Gasteiger partial charge in [0.05, 0.1) is 12.7 Å². The van der Waals surface area contributed by atoms with Crippen molar-refractivity contribution >= 4 is 0 Å². The van der Waals surface area contributed by atoms with Gasteiger partial charge in [-0.3, -0.25) is 0 Å². The molecule has 25 heavy (non-hydrogen) atoms. The Labute approximate surface area is 152 Å². The molecule has 3 fully saturated rings. The molecule has 3 unspecified atom stereocenters. The van der Waals surface area contributed by atoms with Crippen LogP contribution in [0.15, 0.2) is 24.3 Å². The van der Waals surface area contributed by atoms with Crippen LogP contribution >= 0.6 is 0 Å². The van der Waals surface area contributed by atoms with E-state index in [0.29, 0.717) is 29.6 Å². The number of fused-ring (bicyclic) bond motifs is 1. The maximum atomic E-state index is 10.3. The molecule has 142 valence electrons. The smallest absolute Gasteiger partial charge is 0.0612 e. The Morgan fingerprint density at radius 3 is 2.68 bits per heavy atom. The summed E-state index contributed by atoms with van der Waals surface area (Å²) < 4.78 is 0. The lowest BCUT2D eigenvalue weighted by Gasteiger charge is -2.55. The van der Waals surface area contributed by atoms with Crippen molar-refractivity contribution in [1.82, 2.24) is 0 Å². The average molecular weight is 349 g/mol. The summed E-state index contributed by atoms with van der Waals surface area (Å²) in [6.07, 6.45) is 9.78. The zero-order valence-electron chi connectivity index (χ0n) is 15.9. The summed E-state index contributed by atoms with van der Waals surface area (Å²) in [5.74, 6) is 2.86. The Morgan fingerprint density at radius 1 is 1.24 bits per heavy atom. The zero-order valence-corrected chi connectivity index (χ0v) is 15.9. The lowest BCUT2D eigenvalue weighted by atomic mass is 9.50. The topological polar surface area (TPSA) is 60.7 Å². The highest BCUT2D eigenvalue weighted by molar-refractivity contribution is 5.16. The fourth-order valence-electron chi connectivity index (χ4n) is 6.67. The number of aliphatic hydroxyl groups is 3. The highest BCUT2D eigenvalue weighted by atomic mass is 16.3. The quantitative estimate of drug-likeness (QED) is 0.681. The third-order valence-corrected chi connectivity index (χ3v) is 7.96. The molecule has 3 N–H and O–H groups in total. The van der Waals surface area contributed by atoms with Crippen molar-refractivity contribution < 1.29 is 15.3 Å². The Kier molecular flexibility index (Phi) is 5.77. The van der Waals surface area contributed by atoms with E-state index in [-0.39, 0.29) is 30.7 Å². The van der Waals surface area contributed by atoms with Gasteiger partial charge in [-0.15, -0.1) is 0 Å². The van der Waals surface area contributed by atoms with Crippen LogP contribution in [0.5, 0.6) is 0 Å². The van der Waals surface area contributed by atoms with Crippen LogP contribution in [0, 0.1) is 40.9 Å². The molecule has 3 rings (SSSR count). The van der Waals surface area contributed by atoms with Crippen LogP contribution in [0.3, 0.4) is 0 Å². The van der Waals surface area contributed by atoms with Crippen molar-refractivity contribution in [2.45, 2.75) is 58.5 Å². The molecule has 3 heteroatoms. The minimum atomic E-state index is -0.242. The van der Waals surface area contributed by atoms with Crippen molar-refractivity contribution in [2.75, 3.05) is 13.2 Å². The molecule has 3 saturated carbocycles. The van der Waals surface area contributed by atoms with E-state index < -0.39 is 0 Å². The van der Waals surface area contributed by atoms with Gasteiger partial charge in [0.2, 0.25) is 0 Å². The van der Waals surface area contributed by atoms with Crippen LogP contribution < -0.4 is 0 Å². The van der Waals surface area contributed by atoms with Gasteiger partial charge in [0.1, 0.15) is 0 Å². The maximum absolute atomic E-state index is 10.3. The zero-order chi connectivity index (χ0) is 18.2. The summed E-state index contributed by atoms with van der Waals surface area (Å²) in [7, 11) is 0. The van der Waals surface area contributed by atoms with Gasteiger partial charge in [-0.25, -0.2) is 0 Å². The standard InChI is InChI=1S/C22H36O3/c1-14-6-7-18-19(13-24)20(11-15(2)21(14)18)22(3)9-8-17(25)12-16(22)5-4-10-23/h4-5,15-21,23-25H,1,6-13H2,2-3H3/t15-,16+,17+,18?,19+,20?,21?,22+/m1/s1. The molecule has 0 saturated heterocycles. The first-order valence-corrected chi connectivity index (χ1v) is 10.2. The fourth-order valence-corrected chi connectivity index (χ4v) is 6.67. The molecular weight excluding hydrogens is 312 g/mol. The van der Waals surface area contributed by atoms with E-state index >= 15 is 0 Å². The second-order valence-corrected chi connectivity index (χ2v) is 9.20. The molecule has 0 heterocycles. The first-order valence-electron chi connectivity index (χ1n) is 10.2. The molecule has 0 amide bonds. The van der Waals surface area contributed by atoms with Gasteiger partial charge in [-0.05, 0) is 79.4 Å². The van der Waals surface area contributed by atoms with Crippen molar-refractivity contribution in [1.29, 1.82) is 0 Å². The second-order valence-electron chi connectivity index (χ2n) is 9.20. The van der Waals surface area contributed by atoms with Crippen LogP contribution in [0.2, 0.25) is 0 Å². The number of hydrogen-bond donors (Lipinski definition) is 3. The predicted molar refractivity (Wildman–Crippen MR) is 101 cm³/mol. The lowest BCUT2D eigenvalue weighted by Crippen LogP contribution is -2.50. The fraction of sp³-hybridized carbons (Fsp3) is 0.818. The van der Waals surface area contributed by atoms with E-state index in [1.165, 1.54) is 12.0 Å². The maximum Gasteiger partial charge on any atom is 0.0612 e. The van der Waals surface area contributed by atoms with Crippen LogP contribution in [-0.2, 0) is 0 Å². The first kappa shape index (κ1) is 19.1. The molecule has 0 aromatic carbocycles. The van der Waals surface area contributed by atoms with E-state index in [2.05, 4.69) is 26.5 Å². The van der Waals surface area contributed by atoms with Crippen molar-refractivity contribution in [3.63, 3.8) is 0 Å². The molecule has 3 aliphatic carbocycles. The van der Waals surface area contributed by atoms with E-state index in [0.717, 1.165) is 32.1 Å². The van der Waals surface area contributed by atoms with E-state index in [1.54, 1.807) is 0 Å². The Bertz CT molecular complexity index is 513. The molecule has 0 aromatic rings. The van der Waals surface area contributed by atoms with Crippen LogP contribution in [0.25, 0.3) is 0 Å². The average Bonchev–Trinajstić information content (AvgIpc) is 2.98. The van der Waals surface area contributed by atoms with Crippen LogP contribution in [0.1, 0.15) is 52.4 Å². The van der Waals surface area contributed by atoms with Gasteiger partial charge in [0, 0.05) is 6.61 Å². The van der Waals surface area contributed by atoms with Gasteiger partial charge in [0.25, 0.3) is 0 Å². The normalized spacial score (nSPS) is 48.0. The highest BCUT2D eigenvalue weighted by Crippen LogP contribution is 2.60. The monoisotopic (exact) mass is 348 g/mol. The molecule has 0 aliphatic heterocycles. The summed E-state index contributed by atoms with van der Waals surface area (Å²) in [6.45, 7) is 9.38. The highest BCUT2D eigenvalue weighted by Gasteiger charge is 2.54. The lowest BCUT2D eigenvalue weighted by molar-refractivity contribution is -0.0799. The minimum Gasteiger partial charge on any atom is -0.396 e. The predicted octanol–water partition coefficient (Wildman–Crippen LogP) is 3.55. The van der Waals surface area contributed by atoms with Crippen molar-refractivity contribution in [3.8, 4) is 0 Å². The minimum absolute atomic E-state index is 0.0533. The number of allylic oxidation sites excluding steroid dienone is 2. The van der Waals surface area contributed by atoms with Gasteiger partial charge in [0.15, 0.2) is 0 Å². The second kappa shape index (κ2) is 7.54. The molecule has 0 aromatic heterocycles. The summed E-state index contributed by atoms with van der Waals surface area (Å²) in [5, 5.41) is 29.8. The Balaban J connectivity index is 1.91. The molecule has 8 atom stereocenters. The third kappa shape index (κ3) is 3.36. The summed E-state index contributed by atoms with van der Waals surface area (Å²) in [6, 6.07) is 0. The van der Waals surface area contributed by atoms with Gasteiger partial charge in [-0.2, -0.15) is 0 Å². The molecular formula is C22H36O3. The van der Waals surface area contributed by atoms with E-state index in [4.69, 9.17) is 0 Å². The van der Waals surface area contributed by atoms with Gasteiger partial charge >= 0.3 is 0 Å². The third-order valence-electron chi connectivity index (χ3n) is 7.96. The number of rotatable bonds is 4. The molecule has 3 aliphatic rings. The molecule has 0 spiro atoms. The summed E-state index contributed by atoms with van der Waals surface area (Å²) in [5.41, 5.74) is 1.48. The van der Waals surface area contributed by atoms with E-state index in [1.807, 2.05) is 6.08 Å². The first-order chi connectivity index (χ1) is 11.9. The summed E-state index contributed by atoms with van der Waals surface area (Å²) >= 11 is 0. The van der Waals surface area contributed by atoms with Crippen LogP contribution in [0.4, 0.5) is 0 Å².